The van der Waals surface area contributed by atoms with Crippen molar-refractivity contribution in [2.75, 3.05) is 33.8 Å². The Morgan fingerprint density at radius 3 is 2.50 bits per heavy atom. The number of hydrogen-bond acceptors (Lipinski definition) is 3. The summed E-state index contributed by atoms with van der Waals surface area (Å²) in [5.74, 6) is 0.0983. The lowest BCUT2D eigenvalue weighted by molar-refractivity contribution is -0.138. The molecular weight excluding hydrogens is 441 g/mol. The molecule has 0 aliphatic carbocycles. The van der Waals surface area contributed by atoms with E-state index in [1.54, 1.807) is 19.0 Å². The molecule has 4 rings (SSSR count). The molecule has 2 atom stereocenters. The van der Waals surface area contributed by atoms with Gasteiger partial charge in [-0.25, -0.2) is 0 Å². The number of halogens is 3. The van der Waals surface area contributed by atoms with Crippen LogP contribution in [0.2, 0.25) is 0 Å². The number of hydrogen-bond donors (Lipinski definition) is 0. The van der Waals surface area contributed by atoms with E-state index in [2.05, 4.69) is 35.2 Å². The second-order valence-electron chi connectivity index (χ2n) is 9.24. The van der Waals surface area contributed by atoms with Gasteiger partial charge in [-0.15, -0.1) is 0 Å². The first kappa shape index (κ1) is 24.1. The van der Waals surface area contributed by atoms with Crippen LogP contribution in [0, 0.1) is 11.8 Å². The van der Waals surface area contributed by atoms with E-state index in [0.717, 1.165) is 17.7 Å². The lowest BCUT2D eigenvalue weighted by Crippen LogP contribution is -2.47. The normalized spacial score (nSPS) is 19.2. The molecule has 3 aromatic carbocycles. The fourth-order valence-corrected chi connectivity index (χ4v) is 4.67. The van der Waals surface area contributed by atoms with Crippen LogP contribution < -0.4 is 4.74 Å². The van der Waals surface area contributed by atoms with Gasteiger partial charge in [0.15, 0.2) is 0 Å². The van der Waals surface area contributed by atoms with Crippen molar-refractivity contribution in [1.82, 2.24) is 9.80 Å². The molecule has 0 bridgehead atoms. The minimum absolute atomic E-state index is 0.0256. The van der Waals surface area contributed by atoms with Gasteiger partial charge in [-0.2, -0.15) is 13.2 Å². The van der Waals surface area contributed by atoms with E-state index in [4.69, 9.17) is 4.74 Å². The Kier molecular flexibility index (Phi) is 7.12. The zero-order valence-corrected chi connectivity index (χ0v) is 19.4. The van der Waals surface area contributed by atoms with E-state index < -0.39 is 11.7 Å². The van der Waals surface area contributed by atoms with Gasteiger partial charge in [-0.1, -0.05) is 42.5 Å². The van der Waals surface area contributed by atoms with Gasteiger partial charge in [-0.3, -0.25) is 9.69 Å². The van der Waals surface area contributed by atoms with Crippen molar-refractivity contribution in [3.8, 4) is 5.75 Å². The maximum Gasteiger partial charge on any atom is 0.416 e. The van der Waals surface area contributed by atoms with Crippen molar-refractivity contribution in [3.05, 3.63) is 77.9 Å². The van der Waals surface area contributed by atoms with Crippen LogP contribution in [0.3, 0.4) is 0 Å². The Morgan fingerprint density at radius 2 is 1.76 bits per heavy atom. The first-order valence-corrected chi connectivity index (χ1v) is 11.4. The van der Waals surface area contributed by atoms with Gasteiger partial charge in [0.25, 0.3) is 0 Å². The highest BCUT2D eigenvalue weighted by molar-refractivity contribution is 5.83. The Morgan fingerprint density at radius 1 is 1.00 bits per heavy atom. The number of alkyl halides is 3. The van der Waals surface area contributed by atoms with Crippen LogP contribution in [0.25, 0.3) is 10.8 Å². The number of carbonyl (C=O) groups excluding carboxylic acids is 1. The summed E-state index contributed by atoms with van der Waals surface area (Å²) in [5, 5.41) is 2.35. The van der Waals surface area contributed by atoms with Gasteiger partial charge >= 0.3 is 6.18 Å². The molecule has 0 unspecified atom stereocenters. The summed E-state index contributed by atoms with van der Waals surface area (Å²) in [5.41, 5.74) is 0.432. The SMILES string of the molecule is CN(C)C(=O)[C@@H]1C[C@H](COc2cccc(C(F)(F)F)c2)CN(Cc2ccc3ccccc3c2)C1. The number of likely N-dealkylation sites (tertiary alicyclic amines) is 1. The molecule has 1 aliphatic heterocycles. The standard InChI is InChI=1S/C27H29F3N2O2/c1-31(2)26(33)23-13-20(18-34-25-9-5-8-24(14-25)27(28,29)30)16-32(17-23)15-19-10-11-21-6-3-4-7-22(21)12-19/h3-12,14,20,23H,13,15-18H2,1-2H3/t20-,23+/m0/s1. The molecule has 0 N–H and O–H groups in total. The van der Waals surface area contributed by atoms with Crippen molar-refractivity contribution in [2.45, 2.75) is 19.1 Å². The summed E-state index contributed by atoms with van der Waals surface area (Å²) in [6.07, 6.45) is -3.77. The average Bonchev–Trinajstić information content (AvgIpc) is 2.81. The molecule has 0 radical (unpaired) electrons. The smallest absolute Gasteiger partial charge is 0.416 e. The minimum Gasteiger partial charge on any atom is -0.493 e. The van der Waals surface area contributed by atoms with Gasteiger partial charge < -0.3 is 9.64 Å². The summed E-state index contributed by atoms with van der Waals surface area (Å²) >= 11 is 0. The zero-order valence-electron chi connectivity index (χ0n) is 19.4. The number of benzene rings is 3. The van der Waals surface area contributed by atoms with Crippen molar-refractivity contribution in [2.24, 2.45) is 11.8 Å². The third kappa shape index (κ3) is 5.89. The molecule has 1 fully saturated rings. The Hall–Kier alpha value is -3.06. The molecule has 7 heteroatoms. The van der Waals surface area contributed by atoms with E-state index in [1.807, 2.05) is 12.1 Å². The number of piperidine rings is 1. The lowest BCUT2D eigenvalue weighted by Gasteiger charge is -2.38. The fraction of sp³-hybridized carbons (Fsp3) is 0.370. The Labute approximate surface area is 197 Å². The molecule has 180 valence electrons. The predicted octanol–water partition coefficient (Wildman–Crippen LogP) is 5.46. The monoisotopic (exact) mass is 470 g/mol. The highest BCUT2D eigenvalue weighted by atomic mass is 19.4. The molecule has 0 saturated carbocycles. The van der Waals surface area contributed by atoms with Crippen LogP contribution in [0.4, 0.5) is 13.2 Å². The van der Waals surface area contributed by atoms with Crippen LogP contribution >= 0.6 is 0 Å². The highest BCUT2D eigenvalue weighted by Crippen LogP contribution is 2.32. The van der Waals surface area contributed by atoms with Crippen molar-refractivity contribution < 1.29 is 22.7 Å². The van der Waals surface area contributed by atoms with Crippen LogP contribution in [0.1, 0.15) is 17.5 Å². The summed E-state index contributed by atoms with van der Waals surface area (Å²) in [6.45, 7) is 2.31. The minimum atomic E-state index is -4.41. The number of rotatable bonds is 6. The van der Waals surface area contributed by atoms with Gasteiger partial charge in [-0.05, 0) is 47.0 Å². The molecule has 1 saturated heterocycles. The quantitative estimate of drug-likeness (QED) is 0.479. The average molecular weight is 471 g/mol. The number of nitrogens with zero attached hydrogens (tertiary/aromatic N) is 2. The van der Waals surface area contributed by atoms with Gasteiger partial charge in [0.1, 0.15) is 5.75 Å². The van der Waals surface area contributed by atoms with Crippen molar-refractivity contribution in [1.29, 1.82) is 0 Å². The van der Waals surface area contributed by atoms with Gasteiger partial charge in [0.05, 0.1) is 18.1 Å². The lowest BCUT2D eigenvalue weighted by atomic mass is 9.88. The Balaban J connectivity index is 1.47. The van der Waals surface area contributed by atoms with Gasteiger partial charge in [0, 0.05) is 39.6 Å². The first-order valence-electron chi connectivity index (χ1n) is 11.4. The Bertz CT molecular complexity index is 1150. The fourth-order valence-electron chi connectivity index (χ4n) is 4.67. The molecule has 1 heterocycles. The molecule has 1 amide bonds. The number of carbonyl (C=O) groups is 1. The molecule has 3 aromatic rings. The predicted molar refractivity (Wildman–Crippen MR) is 126 cm³/mol. The number of fused-ring (bicyclic) bond motifs is 1. The largest absolute Gasteiger partial charge is 0.493 e. The maximum atomic E-state index is 13.0. The van der Waals surface area contributed by atoms with Gasteiger partial charge in [0.2, 0.25) is 5.91 Å². The van der Waals surface area contributed by atoms with E-state index in [-0.39, 0.29) is 30.1 Å². The van der Waals surface area contributed by atoms with Crippen LogP contribution in [0.15, 0.2) is 66.7 Å². The maximum absolute atomic E-state index is 13.0. The molecule has 4 nitrogen and oxygen atoms in total. The summed E-state index contributed by atoms with van der Waals surface area (Å²) in [7, 11) is 3.50. The van der Waals surface area contributed by atoms with E-state index in [9.17, 15) is 18.0 Å². The van der Waals surface area contributed by atoms with E-state index >= 15 is 0 Å². The third-order valence-electron chi connectivity index (χ3n) is 6.27. The summed E-state index contributed by atoms with van der Waals surface area (Å²) < 4.78 is 44.9. The molecule has 0 aromatic heterocycles. The van der Waals surface area contributed by atoms with Crippen LogP contribution in [0.5, 0.6) is 5.75 Å². The first-order chi connectivity index (χ1) is 16.2. The molecule has 1 aliphatic rings. The highest BCUT2D eigenvalue weighted by Gasteiger charge is 2.33. The second kappa shape index (κ2) is 10.1. The molecular formula is C27H29F3N2O2. The molecule has 34 heavy (non-hydrogen) atoms. The topological polar surface area (TPSA) is 32.8 Å². The third-order valence-corrected chi connectivity index (χ3v) is 6.27. The van der Waals surface area contributed by atoms with Crippen molar-refractivity contribution in [3.63, 3.8) is 0 Å². The number of ether oxygens (including phenoxy) is 1. The van der Waals surface area contributed by atoms with Crippen molar-refractivity contribution >= 4 is 16.7 Å². The zero-order chi connectivity index (χ0) is 24.3. The van der Waals surface area contributed by atoms with E-state index in [0.29, 0.717) is 26.1 Å². The van der Waals surface area contributed by atoms with Crippen LogP contribution in [-0.2, 0) is 17.5 Å². The van der Waals surface area contributed by atoms with E-state index in [1.165, 1.54) is 22.9 Å². The number of amides is 1. The summed E-state index contributed by atoms with van der Waals surface area (Å²) in [4.78, 5) is 16.6. The second-order valence-corrected chi connectivity index (χ2v) is 9.24. The summed E-state index contributed by atoms with van der Waals surface area (Å²) in [6, 6.07) is 19.5. The molecule has 0 spiro atoms. The van der Waals surface area contributed by atoms with Crippen LogP contribution in [-0.4, -0.2) is 49.5 Å².